The van der Waals surface area contributed by atoms with Gasteiger partial charge in [0.2, 0.25) is 5.91 Å². The summed E-state index contributed by atoms with van der Waals surface area (Å²) in [5, 5.41) is 15.1. The number of amides is 1. The van der Waals surface area contributed by atoms with Crippen LogP contribution in [0.5, 0.6) is 0 Å². The molecule has 116 valence electrons. The topological polar surface area (TPSA) is 81.3 Å². The minimum absolute atomic E-state index is 0.0498. The number of piperidine rings is 1. The van der Waals surface area contributed by atoms with E-state index in [1.54, 1.807) is 18.5 Å². The van der Waals surface area contributed by atoms with Crippen LogP contribution in [0, 0.1) is 24.0 Å². The minimum atomic E-state index is -0.414. The van der Waals surface area contributed by atoms with Crippen LogP contribution >= 0.6 is 0 Å². The summed E-state index contributed by atoms with van der Waals surface area (Å²) in [7, 11) is 0. The SMILES string of the molecule is Cc1nn(CCC(=O)N2CCCC[C@@H]2C)c(C)c1[N+](=O)[O-]. The number of carbonyl (C=O) groups is 1. The first kappa shape index (κ1) is 15.5. The van der Waals surface area contributed by atoms with Gasteiger partial charge in [-0.1, -0.05) is 0 Å². The summed E-state index contributed by atoms with van der Waals surface area (Å²) in [6.07, 6.45) is 3.62. The fourth-order valence-electron chi connectivity index (χ4n) is 2.98. The molecule has 21 heavy (non-hydrogen) atoms. The molecule has 1 aliphatic heterocycles. The quantitative estimate of drug-likeness (QED) is 0.629. The van der Waals surface area contributed by atoms with E-state index in [1.165, 1.54) is 6.42 Å². The molecule has 2 heterocycles. The van der Waals surface area contributed by atoms with Crippen molar-refractivity contribution in [3.8, 4) is 0 Å². The van der Waals surface area contributed by atoms with Gasteiger partial charge in [-0.2, -0.15) is 5.10 Å². The molecule has 7 heteroatoms. The second kappa shape index (κ2) is 6.24. The zero-order chi connectivity index (χ0) is 15.6. The van der Waals surface area contributed by atoms with Crippen molar-refractivity contribution in [3.63, 3.8) is 0 Å². The van der Waals surface area contributed by atoms with Crippen molar-refractivity contribution in [2.24, 2.45) is 0 Å². The molecule has 1 saturated heterocycles. The Morgan fingerprint density at radius 2 is 2.14 bits per heavy atom. The van der Waals surface area contributed by atoms with Crippen molar-refractivity contribution in [2.75, 3.05) is 6.54 Å². The van der Waals surface area contributed by atoms with E-state index in [4.69, 9.17) is 0 Å². The van der Waals surface area contributed by atoms with E-state index in [9.17, 15) is 14.9 Å². The molecule has 1 aliphatic rings. The van der Waals surface area contributed by atoms with Crippen molar-refractivity contribution in [1.29, 1.82) is 0 Å². The fraction of sp³-hybridized carbons (Fsp3) is 0.714. The predicted molar refractivity (Wildman–Crippen MR) is 78.0 cm³/mol. The molecule has 0 N–H and O–H groups in total. The number of likely N-dealkylation sites (tertiary alicyclic amines) is 1. The Morgan fingerprint density at radius 3 is 2.71 bits per heavy atom. The van der Waals surface area contributed by atoms with Gasteiger partial charge in [0.1, 0.15) is 11.4 Å². The number of aromatic nitrogens is 2. The highest BCUT2D eigenvalue weighted by Crippen LogP contribution is 2.22. The van der Waals surface area contributed by atoms with E-state index in [0.29, 0.717) is 30.4 Å². The van der Waals surface area contributed by atoms with Gasteiger partial charge in [-0.3, -0.25) is 19.6 Å². The van der Waals surface area contributed by atoms with E-state index >= 15 is 0 Å². The summed E-state index contributed by atoms with van der Waals surface area (Å²) in [6.45, 7) is 6.58. The molecule has 0 saturated carbocycles. The average molecular weight is 294 g/mol. The van der Waals surface area contributed by atoms with E-state index < -0.39 is 4.92 Å². The van der Waals surface area contributed by atoms with Crippen LogP contribution in [0.25, 0.3) is 0 Å². The molecule has 7 nitrogen and oxygen atoms in total. The van der Waals surface area contributed by atoms with Gasteiger partial charge in [0.15, 0.2) is 0 Å². The molecule has 0 bridgehead atoms. The first-order valence-corrected chi connectivity index (χ1v) is 7.39. The van der Waals surface area contributed by atoms with E-state index in [0.717, 1.165) is 19.4 Å². The third-order valence-corrected chi connectivity index (χ3v) is 4.19. The summed E-state index contributed by atoms with van der Waals surface area (Å²) < 4.78 is 1.57. The zero-order valence-corrected chi connectivity index (χ0v) is 12.8. The number of carbonyl (C=O) groups excluding carboxylic acids is 1. The van der Waals surface area contributed by atoms with E-state index in [-0.39, 0.29) is 11.6 Å². The summed E-state index contributed by atoms with van der Waals surface area (Å²) in [5.41, 5.74) is 0.960. The van der Waals surface area contributed by atoms with Crippen molar-refractivity contribution < 1.29 is 9.72 Å². The predicted octanol–water partition coefficient (Wildman–Crippen LogP) is 2.20. The van der Waals surface area contributed by atoms with Crippen LogP contribution in [0.2, 0.25) is 0 Å². The Hall–Kier alpha value is -1.92. The normalized spacial score (nSPS) is 18.8. The van der Waals surface area contributed by atoms with Crippen LogP contribution in [-0.4, -0.2) is 38.1 Å². The summed E-state index contributed by atoms with van der Waals surface area (Å²) in [6, 6.07) is 0.293. The van der Waals surface area contributed by atoms with Gasteiger partial charge in [0.05, 0.1) is 11.5 Å². The molecule has 0 aliphatic carbocycles. The van der Waals surface area contributed by atoms with Crippen molar-refractivity contribution in [3.05, 3.63) is 21.5 Å². The third kappa shape index (κ3) is 3.22. The molecule has 1 atom stereocenters. The number of hydrogen-bond acceptors (Lipinski definition) is 4. The van der Waals surface area contributed by atoms with E-state index in [1.807, 2.05) is 4.90 Å². The van der Waals surface area contributed by atoms with Crippen LogP contribution < -0.4 is 0 Å². The maximum atomic E-state index is 12.3. The Morgan fingerprint density at radius 1 is 1.43 bits per heavy atom. The number of hydrogen-bond donors (Lipinski definition) is 0. The van der Waals surface area contributed by atoms with Crippen molar-refractivity contribution in [1.82, 2.24) is 14.7 Å². The van der Waals surface area contributed by atoms with Gasteiger partial charge in [-0.05, 0) is 40.0 Å². The zero-order valence-electron chi connectivity index (χ0n) is 12.8. The Labute approximate surface area is 124 Å². The molecular weight excluding hydrogens is 272 g/mol. The molecule has 1 amide bonds. The van der Waals surface area contributed by atoms with Gasteiger partial charge in [-0.25, -0.2) is 0 Å². The Balaban J connectivity index is 2.01. The highest BCUT2D eigenvalue weighted by Gasteiger charge is 2.25. The monoisotopic (exact) mass is 294 g/mol. The number of nitrogens with zero attached hydrogens (tertiary/aromatic N) is 4. The average Bonchev–Trinajstić information content (AvgIpc) is 2.71. The maximum Gasteiger partial charge on any atom is 0.312 e. The van der Waals surface area contributed by atoms with Gasteiger partial charge in [0, 0.05) is 19.0 Å². The molecular formula is C14H22N4O3. The molecule has 1 aromatic rings. The minimum Gasteiger partial charge on any atom is -0.340 e. The lowest BCUT2D eigenvalue weighted by atomic mass is 10.0. The molecule has 1 aromatic heterocycles. The first-order valence-electron chi connectivity index (χ1n) is 7.39. The third-order valence-electron chi connectivity index (χ3n) is 4.19. The van der Waals surface area contributed by atoms with Gasteiger partial charge >= 0.3 is 5.69 Å². The molecule has 1 fully saturated rings. The lowest BCUT2D eigenvalue weighted by molar-refractivity contribution is -0.386. The second-order valence-electron chi connectivity index (χ2n) is 5.68. The summed E-state index contributed by atoms with van der Waals surface area (Å²) >= 11 is 0. The van der Waals surface area contributed by atoms with E-state index in [2.05, 4.69) is 12.0 Å². The second-order valence-corrected chi connectivity index (χ2v) is 5.68. The van der Waals surface area contributed by atoms with Gasteiger partial charge < -0.3 is 4.90 Å². The van der Waals surface area contributed by atoms with Crippen LogP contribution in [0.1, 0.15) is 44.0 Å². The first-order chi connectivity index (χ1) is 9.91. The van der Waals surface area contributed by atoms with Crippen LogP contribution in [0.15, 0.2) is 0 Å². The summed E-state index contributed by atoms with van der Waals surface area (Å²) in [5.74, 6) is 0.109. The van der Waals surface area contributed by atoms with Crippen LogP contribution in [0.4, 0.5) is 5.69 Å². The Bertz CT molecular complexity index is 553. The Kier molecular flexibility index (Phi) is 4.59. The maximum absolute atomic E-state index is 12.3. The lowest BCUT2D eigenvalue weighted by Gasteiger charge is -2.33. The van der Waals surface area contributed by atoms with Crippen molar-refractivity contribution in [2.45, 2.75) is 59.0 Å². The smallest absolute Gasteiger partial charge is 0.312 e. The van der Waals surface area contributed by atoms with Crippen molar-refractivity contribution >= 4 is 11.6 Å². The number of aryl methyl sites for hydroxylation is 2. The highest BCUT2D eigenvalue weighted by atomic mass is 16.6. The molecule has 0 spiro atoms. The fourth-order valence-corrected chi connectivity index (χ4v) is 2.98. The lowest BCUT2D eigenvalue weighted by Crippen LogP contribution is -2.42. The number of rotatable bonds is 4. The number of nitro groups is 1. The van der Waals surface area contributed by atoms with Crippen LogP contribution in [-0.2, 0) is 11.3 Å². The van der Waals surface area contributed by atoms with Crippen LogP contribution in [0.3, 0.4) is 0 Å². The molecule has 0 aromatic carbocycles. The highest BCUT2D eigenvalue weighted by molar-refractivity contribution is 5.76. The molecule has 0 radical (unpaired) electrons. The standard InChI is InChI=1S/C14H22N4O3/c1-10-6-4-5-8-16(10)13(19)7-9-17-12(3)14(18(20)21)11(2)15-17/h10H,4-9H2,1-3H3/t10-/m0/s1. The van der Waals surface area contributed by atoms with Gasteiger partial charge in [-0.15, -0.1) is 0 Å². The molecule has 0 unspecified atom stereocenters. The molecule has 2 rings (SSSR count). The largest absolute Gasteiger partial charge is 0.340 e. The van der Waals surface area contributed by atoms with Gasteiger partial charge in [0.25, 0.3) is 0 Å². The summed E-state index contributed by atoms with van der Waals surface area (Å²) in [4.78, 5) is 24.7.